The average Bonchev–Trinajstić information content (AvgIpc) is 2.56. The zero-order chi connectivity index (χ0) is 14.5. The average molecular weight is 281 g/mol. The third-order valence-electron chi connectivity index (χ3n) is 4.32. The predicted molar refractivity (Wildman–Crippen MR) is 86.7 cm³/mol. The molecule has 0 saturated carbocycles. The number of methoxy groups -OCH3 is 1. The van der Waals surface area contributed by atoms with Crippen LogP contribution in [0.3, 0.4) is 0 Å². The Balaban J connectivity index is 1.67. The Hall–Kier alpha value is -1.80. The summed E-state index contributed by atoms with van der Waals surface area (Å²) in [4.78, 5) is 2.57. The molecule has 0 aliphatic carbocycles. The van der Waals surface area contributed by atoms with Crippen LogP contribution in [0.5, 0.6) is 5.75 Å². The zero-order valence-corrected chi connectivity index (χ0v) is 12.7. The van der Waals surface area contributed by atoms with Gasteiger partial charge < -0.3 is 4.74 Å². The van der Waals surface area contributed by atoms with Crippen LogP contribution in [0.25, 0.3) is 0 Å². The summed E-state index contributed by atoms with van der Waals surface area (Å²) in [5.41, 5.74) is 2.82. The molecule has 0 radical (unpaired) electrons. The van der Waals surface area contributed by atoms with E-state index in [1.54, 1.807) is 7.11 Å². The smallest absolute Gasteiger partial charge is 0.119 e. The van der Waals surface area contributed by atoms with E-state index in [1.165, 1.54) is 30.5 Å². The van der Waals surface area contributed by atoms with E-state index >= 15 is 0 Å². The molecule has 2 heteroatoms. The lowest BCUT2D eigenvalue weighted by Crippen LogP contribution is -2.33. The van der Waals surface area contributed by atoms with Crippen molar-refractivity contribution in [2.24, 2.45) is 0 Å². The van der Waals surface area contributed by atoms with Crippen molar-refractivity contribution in [3.05, 3.63) is 65.7 Å². The Bertz CT molecular complexity index is 567. The van der Waals surface area contributed by atoms with Crippen molar-refractivity contribution < 1.29 is 4.74 Å². The third-order valence-corrected chi connectivity index (χ3v) is 4.32. The molecule has 21 heavy (non-hydrogen) atoms. The summed E-state index contributed by atoms with van der Waals surface area (Å²) in [5.74, 6) is 1.59. The van der Waals surface area contributed by atoms with Gasteiger partial charge in [0.15, 0.2) is 0 Å². The molecule has 0 aromatic heterocycles. The molecule has 1 saturated heterocycles. The number of nitrogens with zero attached hydrogens (tertiary/aromatic N) is 1. The lowest BCUT2D eigenvalue weighted by molar-refractivity contribution is 0.200. The minimum atomic E-state index is 0.623. The number of ether oxygens (including phenoxy) is 1. The van der Waals surface area contributed by atoms with Crippen LogP contribution in [0.4, 0.5) is 0 Å². The third kappa shape index (κ3) is 3.64. The molecule has 0 N–H and O–H groups in total. The molecule has 3 rings (SSSR count). The minimum Gasteiger partial charge on any atom is -0.497 e. The van der Waals surface area contributed by atoms with Crippen LogP contribution in [0.1, 0.15) is 29.9 Å². The minimum absolute atomic E-state index is 0.623. The topological polar surface area (TPSA) is 12.5 Å². The van der Waals surface area contributed by atoms with Crippen molar-refractivity contribution in [3.63, 3.8) is 0 Å². The molecule has 1 heterocycles. The van der Waals surface area contributed by atoms with Gasteiger partial charge in [-0.1, -0.05) is 42.5 Å². The molecule has 1 aliphatic rings. The van der Waals surface area contributed by atoms with Gasteiger partial charge >= 0.3 is 0 Å². The van der Waals surface area contributed by atoms with Crippen LogP contribution in [0.15, 0.2) is 54.6 Å². The first-order valence-corrected chi connectivity index (χ1v) is 7.75. The van der Waals surface area contributed by atoms with E-state index in [-0.39, 0.29) is 0 Å². The van der Waals surface area contributed by atoms with E-state index in [9.17, 15) is 0 Å². The van der Waals surface area contributed by atoms with Gasteiger partial charge in [0.25, 0.3) is 0 Å². The van der Waals surface area contributed by atoms with Crippen molar-refractivity contribution in [1.82, 2.24) is 4.90 Å². The van der Waals surface area contributed by atoms with E-state index in [0.29, 0.717) is 5.92 Å². The molecule has 1 aliphatic heterocycles. The van der Waals surface area contributed by atoms with Crippen LogP contribution in [-0.4, -0.2) is 25.1 Å². The van der Waals surface area contributed by atoms with Crippen LogP contribution < -0.4 is 4.74 Å². The fourth-order valence-electron chi connectivity index (χ4n) is 3.21. The van der Waals surface area contributed by atoms with E-state index in [1.807, 2.05) is 6.07 Å². The predicted octanol–water partition coefficient (Wildman–Crippen LogP) is 4.07. The summed E-state index contributed by atoms with van der Waals surface area (Å²) < 4.78 is 5.35. The van der Waals surface area contributed by atoms with Gasteiger partial charge in [0.05, 0.1) is 7.11 Å². The second-order valence-electron chi connectivity index (χ2n) is 5.84. The summed E-state index contributed by atoms with van der Waals surface area (Å²) in [7, 11) is 1.74. The van der Waals surface area contributed by atoms with Gasteiger partial charge in [-0.2, -0.15) is 0 Å². The quantitative estimate of drug-likeness (QED) is 0.837. The molecular formula is C19H23NO. The van der Waals surface area contributed by atoms with Gasteiger partial charge in [-0.15, -0.1) is 0 Å². The van der Waals surface area contributed by atoms with Gasteiger partial charge in [0.1, 0.15) is 5.75 Å². The highest BCUT2D eigenvalue weighted by atomic mass is 16.5. The lowest BCUT2D eigenvalue weighted by Gasteiger charge is -2.33. The van der Waals surface area contributed by atoms with Crippen molar-refractivity contribution in [2.75, 3.05) is 20.2 Å². The maximum atomic E-state index is 5.35. The highest BCUT2D eigenvalue weighted by molar-refractivity contribution is 5.31. The fourth-order valence-corrected chi connectivity index (χ4v) is 3.21. The molecule has 2 nitrogen and oxygen atoms in total. The Morgan fingerprint density at radius 1 is 1.10 bits per heavy atom. The molecule has 0 spiro atoms. The molecule has 0 bridgehead atoms. The summed E-state index contributed by atoms with van der Waals surface area (Å²) >= 11 is 0. The fraction of sp³-hybridized carbons (Fsp3) is 0.368. The highest BCUT2D eigenvalue weighted by Crippen LogP contribution is 2.29. The number of piperidine rings is 1. The van der Waals surface area contributed by atoms with Crippen molar-refractivity contribution in [3.8, 4) is 5.75 Å². The van der Waals surface area contributed by atoms with Crippen LogP contribution in [0, 0.1) is 0 Å². The first-order valence-electron chi connectivity index (χ1n) is 7.75. The summed E-state index contributed by atoms with van der Waals surface area (Å²) in [6, 6.07) is 19.3. The number of hydrogen-bond acceptors (Lipinski definition) is 2. The molecule has 0 unspecified atom stereocenters. The van der Waals surface area contributed by atoms with Crippen LogP contribution >= 0.6 is 0 Å². The lowest BCUT2D eigenvalue weighted by atomic mass is 9.90. The number of hydrogen-bond donors (Lipinski definition) is 0. The van der Waals surface area contributed by atoms with Gasteiger partial charge in [-0.25, -0.2) is 0 Å². The maximum absolute atomic E-state index is 5.35. The van der Waals surface area contributed by atoms with Crippen molar-refractivity contribution >= 4 is 0 Å². The molecule has 1 atom stereocenters. The van der Waals surface area contributed by atoms with Gasteiger partial charge in [-0.3, -0.25) is 4.90 Å². The molecule has 0 amide bonds. The molecular weight excluding hydrogens is 258 g/mol. The number of likely N-dealkylation sites (tertiary alicyclic amines) is 1. The SMILES string of the molecule is COc1cccc([C@@H]2CCCN(Cc3ccccc3)C2)c1. The van der Waals surface area contributed by atoms with E-state index in [0.717, 1.165) is 18.8 Å². The molecule has 110 valence electrons. The van der Waals surface area contributed by atoms with Gasteiger partial charge in [0.2, 0.25) is 0 Å². The van der Waals surface area contributed by atoms with E-state index < -0.39 is 0 Å². The number of rotatable bonds is 4. The van der Waals surface area contributed by atoms with E-state index in [4.69, 9.17) is 4.74 Å². The summed E-state index contributed by atoms with van der Waals surface area (Å²) in [5, 5.41) is 0. The first kappa shape index (κ1) is 14.2. The number of benzene rings is 2. The zero-order valence-electron chi connectivity index (χ0n) is 12.7. The van der Waals surface area contributed by atoms with Crippen molar-refractivity contribution in [1.29, 1.82) is 0 Å². The summed E-state index contributed by atoms with van der Waals surface area (Å²) in [6.45, 7) is 3.40. The van der Waals surface area contributed by atoms with Crippen LogP contribution in [-0.2, 0) is 6.54 Å². The van der Waals surface area contributed by atoms with Gasteiger partial charge in [-0.05, 0) is 48.6 Å². The summed E-state index contributed by atoms with van der Waals surface area (Å²) in [6.07, 6.45) is 2.55. The Morgan fingerprint density at radius 2 is 1.95 bits per heavy atom. The Labute approximate surface area is 127 Å². The second-order valence-corrected chi connectivity index (χ2v) is 5.84. The largest absolute Gasteiger partial charge is 0.497 e. The molecule has 1 fully saturated rings. The Morgan fingerprint density at radius 3 is 2.76 bits per heavy atom. The monoisotopic (exact) mass is 281 g/mol. The van der Waals surface area contributed by atoms with E-state index in [2.05, 4.69) is 53.4 Å². The van der Waals surface area contributed by atoms with Crippen molar-refractivity contribution in [2.45, 2.75) is 25.3 Å². The standard InChI is InChI=1S/C19H23NO/c1-21-19-11-5-9-17(13-19)18-10-6-12-20(15-18)14-16-7-3-2-4-8-16/h2-5,7-9,11,13,18H,6,10,12,14-15H2,1H3/t18-/m1/s1. The molecule has 2 aromatic carbocycles. The van der Waals surface area contributed by atoms with Crippen LogP contribution in [0.2, 0.25) is 0 Å². The van der Waals surface area contributed by atoms with Gasteiger partial charge in [0, 0.05) is 13.1 Å². The first-order chi connectivity index (χ1) is 10.3. The highest BCUT2D eigenvalue weighted by Gasteiger charge is 2.21. The maximum Gasteiger partial charge on any atom is 0.119 e. The second kappa shape index (κ2) is 6.77. The molecule has 2 aromatic rings. The Kier molecular flexibility index (Phi) is 4.56. The normalized spacial score (nSPS) is 19.4.